The first-order chi connectivity index (χ1) is 15.3. The molecule has 1 heterocycles. The molecule has 0 aliphatic heterocycles. The predicted octanol–water partition coefficient (Wildman–Crippen LogP) is 5.58. The molecule has 5 nitrogen and oxygen atoms in total. The molecule has 0 radical (unpaired) electrons. The minimum Gasteiger partial charge on any atom is -0.439 e. The molecule has 1 fully saturated rings. The SMILES string of the molecule is O=C(NC1CCC(CNCc2nc3ccccc3o2)CC1)c1cc(C(F)(F)F)ccc1Cl. The maximum atomic E-state index is 12.9. The van der Waals surface area contributed by atoms with Crippen LogP contribution in [0.2, 0.25) is 5.02 Å². The van der Waals surface area contributed by atoms with Crippen molar-refractivity contribution in [1.29, 1.82) is 0 Å². The van der Waals surface area contributed by atoms with Crippen molar-refractivity contribution in [3.05, 3.63) is 64.5 Å². The minimum absolute atomic E-state index is 0.00702. The number of oxazole rings is 1. The number of amides is 1. The van der Waals surface area contributed by atoms with Crippen molar-refractivity contribution in [2.24, 2.45) is 5.92 Å². The van der Waals surface area contributed by atoms with E-state index in [0.717, 1.165) is 61.5 Å². The smallest absolute Gasteiger partial charge is 0.416 e. The molecule has 2 aromatic carbocycles. The van der Waals surface area contributed by atoms with Gasteiger partial charge in [0.1, 0.15) is 5.52 Å². The first-order valence-electron chi connectivity index (χ1n) is 10.5. The maximum Gasteiger partial charge on any atom is 0.416 e. The Morgan fingerprint density at radius 1 is 1.12 bits per heavy atom. The van der Waals surface area contributed by atoms with Crippen molar-refractivity contribution in [1.82, 2.24) is 15.6 Å². The topological polar surface area (TPSA) is 67.2 Å². The second-order valence-electron chi connectivity index (χ2n) is 8.09. The van der Waals surface area contributed by atoms with Gasteiger partial charge < -0.3 is 15.1 Å². The molecule has 1 aliphatic carbocycles. The van der Waals surface area contributed by atoms with Crippen LogP contribution in [0.4, 0.5) is 13.2 Å². The number of fused-ring (bicyclic) bond motifs is 1. The van der Waals surface area contributed by atoms with Crippen LogP contribution in [0.25, 0.3) is 11.1 Å². The largest absolute Gasteiger partial charge is 0.439 e. The number of rotatable bonds is 6. The highest BCUT2D eigenvalue weighted by Crippen LogP contribution is 2.32. The van der Waals surface area contributed by atoms with E-state index >= 15 is 0 Å². The van der Waals surface area contributed by atoms with Gasteiger partial charge in [-0.3, -0.25) is 4.79 Å². The predicted molar refractivity (Wildman–Crippen MR) is 115 cm³/mol. The van der Waals surface area contributed by atoms with E-state index in [1.54, 1.807) is 0 Å². The number of carbonyl (C=O) groups is 1. The zero-order valence-electron chi connectivity index (χ0n) is 17.2. The lowest BCUT2D eigenvalue weighted by molar-refractivity contribution is -0.137. The number of alkyl halides is 3. The van der Waals surface area contributed by atoms with Crippen molar-refractivity contribution >= 4 is 28.6 Å². The summed E-state index contributed by atoms with van der Waals surface area (Å²) in [5.74, 6) is 0.522. The van der Waals surface area contributed by atoms with Gasteiger partial charge in [-0.25, -0.2) is 4.98 Å². The number of carbonyl (C=O) groups excluding carboxylic acids is 1. The number of aromatic nitrogens is 1. The zero-order chi connectivity index (χ0) is 22.7. The van der Waals surface area contributed by atoms with Crippen molar-refractivity contribution in [2.75, 3.05) is 6.54 Å². The van der Waals surface area contributed by atoms with Gasteiger partial charge in [0.15, 0.2) is 5.58 Å². The summed E-state index contributed by atoms with van der Waals surface area (Å²) in [5.41, 5.74) is 0.562. The van der Waals surface area contributed by atoms with E-state index in [9.17, 15) is 18.0 Å². The molecular formula is C23H23ClF3N3O2. The average Bonchev–Trinajstić information content (AvgIpc) is 3.17. The summed E-state index contributed by atoms with van der Waals surface area (Å²) in [6.07, 6.45) is -1.19. The summed E-state index contributed by atoms with van der Waals surface area (Å²) in [5, 5.41) is 6.22. The summed E-state index contributed by atoms with van der Waals surface area (Å²) in [6, 6.07) is 10.3. The normalized spacial score (nSPS) is 19.2. The van der Waals surface area contributed by atoms with Gasteiger partial charge in [-0.1, -0.05) is 23.7 Å². The molecular weight excluding hydrogens is 443 g/mol. The Morgan fingerprint density at radius 3 is 2.59 bits per heavy atom. The molecule has 9 heteroatoms. The molecule has 170 valence electrons. The van der Waals surface area contributed by atoms with Crippen LogP contribution in [0.5, 0.6) is 0 Å². The van der Waals surface area contributed by atoms with E-state index in [4.69, 9.17) is 16.0 Å². The van der Waals surface area contributed by atoms with E-state index in [0.29, 0.717) is 18.4 Å². The van der Waals surface area contributed by atoms with Gasteiger partial charge in [-0.15, -0.1) is 0 Å². The minimum atomic E-state index is -4.53. The van der Waals surface area contributed by atoms with Gasteiger partial charge in [0.25, 0.3) is 5.91 Å². The van der Waals surface area contributed by atoms with Crippen LogP contribution in [0, 0.1) is 5.92 Å². The molecule has 3 aromatic rings. The lowest BCUT2D eigenvalue weighted by Crippen LogP contribution is -2.39. The van der Waals surface area contributed by atoms with Gasteiger partial charge >= 0.3 is 6.18 Å². The third-order valence-electron chi connectivity index (χ3n) is 5.77. The Balaban J connectivity index is 1.24. The molecule has 4 rings (SSSR count). The van der Waals surface area contributed by atoms with Gasteiger partial charge in [0, 0.05) is 6.04 Å². The fourth-order valence-electron chi connectivity index (χ4n) is 4.03. The van der Waals surface area contributed by atoms with Crippen LogP contribution in [-0.2, 0) is 12.7 Å². The van der Waals surface area contributed by atoms with Gasteiger partial charge in [0.05, 0.1) is 22.7 Å². The highest BCUT2D eigenvalue weighted by molar-refractivity contribution is 6.33. The quantitative estimate of drug-likeness (QED) is 0.499. The van der Waals surface area contributed by atoms with E-state index in [2.05, 4.69) is 15.6 Å². The highest BCUT2D eigenvalue weighted by atomic mass is 35.5. The number of hydrogen-bond acceptors (Lipinski definition) is 4. The number of benzene rings is 2. The second kappa shape index (κ2) is 9.50. The van der Waals surface area contributed by atoms with Crippen LogP contribution >= 0.6 is 11.6 Å². The fourth-order valence-corrected chi connectivity index (χ4v) is 4.23. The molecule has 1 aliphatic rings. The Bertz CT molecular complexity index is 1060. The average molecular weight is 466 g/mol. The standard InChI is InChI=1S/C23H23ClF3N3O2/c24-18-10-7-15(23(25,26)27)11-17(18)22(31)29-16-8-5-14(6-9-16)12-28-13-21-30-19-3-1-2-4-20(19)32-21/h1-4,7,10-11,14,16,28H,5-6,8-9,12-13H2,(H,29,31). The fraction of sp³-hybridized carbons (Fsp3) is 0.391. The molecule has 1 aromatic heterocycles. The maximum absolute atomic E-state index is 12.9. The molecule has 0 atom stereocenters. The Labute approximate surface area is 188 Å². The van der Waals surface area contributed by atoms with E-state index in [1.165, 1.54) is 0 Å². The summed E-state index contributed by atoms with van der Waals surface area (Å²) >= 11 is 5.97. The summed E-state index contributed by atoms with van der Waals surface area (Å²) < 4.78 is 44.5. The number of nitrogens with zero attached hydrogens (tertiary/aromatic N) is 1. The van der Waals surface area contributed by atoms with Gasteiger partial charge in [0.2, 0.25) is 5.89 Å². The molecule has 0 saturated heterocycles. The first kappa shape index (κ1) is 22.6. The third-order valence-corrected chi connectivity index (χ3v) is 6.10. The number of nitrogens with one attached hydrogen (secondary N) is 2. The lowest BCUT2D eigenvalue weighted by atomic mass is 9.86. The van der Waals surface area contributed by atoms with Crippen molar-refractivity contribution in [2.45, 2.75) is 44.4 Å². The molecule has 0 unspecified atom stereocenters. The van der Waals surface area contributed by atoms with Crippen LogP contribution in [-0.4, -0.2) is 23.5 Å². The van der Waals surface area contributed by atoms with E-state index in [-0.39, 0.29) is 16.6 Å². The summed E-state index contributed by atoms with van der Waals surface area (Å²) in [7, 11) is 0. The molecule has 2 N–H and O–H groups in total. The molecule has 1 amide bonds. The molecule has 1 saturated carbocycles. The monoisotopic (exact) mass is 465 g/mol. The molecule has 0 bridgehead atoms. The van der Waals surface area contributed by atoms with Gasteiger partial charge in [-0.2, -0.15) is 13.2 Å². The number of para-hydroxylation sites is 2. The molecule has 0 spiro atoms. The van der Waals surface area contributed by atoms with E-state index in [1.807, 2.05) is 24.3 Å². The summed E-state index contributed by atoms with van der Waals surface area (Å²) in [4.78, 5) is 16.9. The number of hydrogen-bond donors (Lipinski definition) is 2. The Morgan fingerprint density at radius 2 is 1.88 bits per heavy atom. The van der Waals surface area contributed by atoms with Crippen LogP contribution in [0.1, 0.15) is 47.5 Å². The summed E-state index contributed by atoms with van der Waals surface area (Å²) in [6.45, 7) is 1.35. The van der Waals surface area contributed by atoms with Crippen molar-refractivity contribution in [3.8, 4) is 0 Å². The Hall–Kier alpha value is -2.58. The Kier molecular flexibility index (Phi) is 6.71. The van der Waals surface area contributed by atoms with Crippen LogP contribution in [0.15, 0.2) is 46.9 Å². The van der Waals surface area contributed by atoms with Crippen molar-refractivity contribution in [3.63, 3.8) is 0 Å². The highest BCUT2D eigenvalue weighted by Gasteiger charge is 2.32. The van der Waals surface area contributed by atoms with Crippen LogP contribution in [0.3, 0.4) is 0 Å². The zero-order valence-corrected chi connectivity index (χ0v) is 18.0. The van der Waals surface area contributed by atoms with Crippen LogP contribution < -0.4 is 10.6 Å². The van der Waals surface area contributed by atoms with Gasteiger partial charge in [-0.05, 0) is 68.5 Å². The molecule has 32 heavy (non-hydrogen) atoms. The van der Waals surface area contributed by atoms with Crippen molar-refractivity contribution < 1.29 is 22.4 Å². The second-order valence-corrected chi connectivity index (χ2v) is 8.50. The number of halogens is 4. The first-order valence-corrected chi connectivity index (χ1v) is 10.9. The van der Waals surface area contributed by atoms with E-state index < -0.39 is 17.6 Å². The third kappa shape index (κ3) is 5.42. The lowest BCUT2D eigenvalue weighted by Gasteiger charge is -2.29.